The molecule has 1 saturated heterocycles. The Bertz CT molecular complexity index is 461. The van der Waals surface area contributed by atoms with Crippen molar-refractivity contribution >= 4 is 5.97 Å². The molecule has 0 spiro atoms. The zero-order valence-corrected chi connectivity index (χ0v) is 11.3. The fourth-order valence-corrected chi connectivity index (χ4v) is 2.26. The molecule has 0 aliphatic carbocycles. The van der Waals surface area contributed by atoms with E-state index in [1.165, 1.54) is 0 Å². The highest BCUT2D eigenvalue weighted by atomic mass is 16.5. The second-order valence-corrected chi connectivity index (χ2v) is 4.85. The molecule has 1 aliphatic rings. The first-order chi connectivity index (χ1) is 9.08. The normalized spacial score (nSPS) is 19.4. The Balaban J connectivity index is 2.09. The van der Waals surface area contributed by atoms with Gasteiger partial charge < -0.3 is 19.5 Å². The molecule has 5 heteroatoms. The predicted molar refractivity (Wildman–Crippen MR) is 70.9 cm³/mol. The van der Waals surface area contributed by atoms with Crippen molar-refractivity contribution in [1.82, 2.24) is 4.90 Å². The summed E-state index contributed by atoms with van der Waals surface area (Å²) < 4.78 is 11.2. The first-order valence-electron chi connectivity index (χ1n) is 6.32. The number of methoxy groups -OCH3 is 1. The topological polar surface area (TPSA) is 59.0 Å². The van der Waals surface area contributed by atoms with Crippen LogP contribution in [0.4, 0.5) is 0 Å². The van der Waals surface area contributed by atoms with Gasteiger partial charge in [-0.1, -0.05) is 6.07 Å². The molecule has 2 rings (SSSR count). The fourth-order valence-electron chi connectivity index (χ4n) is 2.26. The molecule has 1 heterocycles. The van der Waals surface area contributed by atoms with Crippen LogP contribution < -0.4 is 9.47 Å². The molecule has 1 N–H and O–H groups in total. The molecular formula is C14H19NO4. The van der Waals surface area contributed by atoms with Crippen molar-refractivity contribution in [3.8, 4) is 11.5 Å². The molecule has 1 aromatic carbocycles. The maximum Gasteiger partial charge on any atom is 0.307 e. The molecule has 19 heavy (non-hydrogen) atoms. The number of aliphatic carboxylic acids is 1. The van der Waals surface area contributed by atoms with E-state index < -0.39 is 5.97 Å². The lowest BCUT2D eigenvalue weighted by molar-refractivity contribution is -0.136. The van der Waals surface area contributed by atoms with Gasteiger partial charge in [-0.05, 0) is 31.2 Å². The van der Waals surface area contributed by atoms with Gasteiger partial charge in [-0.25, -0.2) is 0 Å². The molecule has 0 bridgehead atoms. The summed E-state index contributed by atoms with van der Waals surface area (Å²) >= 11 is 0. The fraction of sp³-hybridized carbons (Fsp3) is 0.500. The number of carbonyl (C=O) groups is 1. The van der Waals surface area contributed by atoms with Crippen molar-refractivity contribution in [2.45, 2.75) is 18.9 Å². The molecule has 0 amide bonds. The van der Waals surface area contributed by atoms with Crippen LogP contribution in [-0.4, -0.2) is 49.3 Å². The van der Waals surface area contributed by atoms with E-state index in [1.807, 2.05) is 0 Å². The first kappa shape index (κ1) is 13.7. The summed E-state index contributed by atoms with van der Waals surface area (Å²) in [5, 5.41) is 8.78. The number of likely N-dealkylation sites (tertiary alicyclic amines) is 1. The van der Waals surface area contributed by atoms with E-state index in [4.69, 9.17) is 14.6 Å². The number of carboxylic acids is 1. The van der Waals surface area contributed by atoms with Gasteiger partial charge in [0.1, 0.15) is 6.10 Å². The zero-order valence-electron chi connectivity index (χ0n) is 11.3. The third-order valence-corrected chi connectivity index (χ3v) is 3.23. The number of benzene rings is 1. The summed E-state index contributed by atoms with van der Waals surface area (Å²) in [6.07, 6.45) is 1.16. The van der Waals surface area contributed by atoms with Crippen molar-refractivity contribution < 1.29 is 19.4 Å². The number of rotatable bonds is 5. The lowest BCUT2D eigenvalue weighted by Crippen LogP contribution is -2.21. The average Bonchev–Trinajstić information content (AvgIpc) is 2.76. The molecular weight excluding hydrogens is 246 g/mol. The van der Waals surface area contributed by atoms with Crippen LogP contribution >= 0.6 is 0 Å². The van der Waals surface area contributed by atoms with Gasteiger partial charge in [0.2, 0.25) is 0 Å². The van der Waals surface area contributed by atoms with Crippen LogP contribution in [0.1, 0.15) is 12.0 Å². The van der Waals surface area contributed by atoms with Gasteiger partial charge in [0.05, 0.1) is 13.5 Å². The monoisotopic (exact) mass is 265 g/mol. The molecule has 0 aromatic heterocycles. The summed E-state index contributed by atoms with van der Waals surface area (Å²) in [5.74, 6) is 0.415. The SMILES string of the molecule is COc1cc(CC(=O)O)ccc1OC1CCN(C)C1. The summed E-state index contributed by atoms with van der Waals surface area (Å²) in [7, 11) is 3.63. The second-order valence-electron chi connectivity index (χ2n) is 4.85. The Morgan fingerprint density at radius 3 is 2.84 bits per heavy atom. The molecule has 1 fully saturated rings. The summed E-state index contributed by atoms with van der Waals surface area (Å²) in [6.45, 7) is 1.93. The maximum atomic E-state index is 10.7. The largest absolute Gasteiger partial charge is 0.493 e. The molecule has 0 radical (unpaired) electrons. The van der Waals surface area contributed by atoms with Crippen LogP contribution in [0, 0.1) is 0 Å². The predicted octanol–water partition coefficient (Wildman–Crippen LogP) is 1.41. The van der Waals surface area contributed by atoms with Gasteiger partial charge in [0.15, 0.2) is 11.5 Å². The van der Waals surface area contributed by atoms with Crippen LogP contribution in [0.2, 0.25) is 0 Å². The van der Waals surface area contributed by atoms with Gasteiger partial charge in [-0.2, -0.15) is 0 Å². The van der Waals surface area contributed by atoms with E-state index in [9.17, 15) is 4.79 Å². The standard InChI is InChI=1S/C14H19NO4/c1-15-6-5-11(9-15)19-12-4-3-10(8-14(16)17)7-13(12)18-2/h3-4,7,11H,5-6,8-9H2,1-2H3,(H,16,17). The Kier molecular flexibility index (Phi) is 4.27. The van der Waals surface area contributed by atoms with Crippen molar-refractivity contribution in [1.29, 1.82) is 0 Å². The van der Waals surface area contributed by atoms with Crippen molar-refractivity contribution in [3.05, 3.63) is 23.8 Å². The Hall–Kier alpha value is -1.75. The molecule has 1 atom stereocenters. The maximum absolute atomic E-state index is 10.7. The Morgan fingerprint density at radius 1 is 1.47 bits per heavy atom. The number of likely N-dealkylation sites (N-methyl/N-ethyl adjacent to an activating group) is 1. The zero-order chi connectivity index (χ0) is 13.8. The van der Waals surface area contributed by atoms with Crippen molar-refractivity contribution in [2.24, 2.45) is 0 Å². The molecule has 5 nitrogen and oxygen atoms in total. The highest BCUT2D eigenvalue weighted by Crippen LogP contribution is 2.30. The minimum Gasteiger partial charge on any atom is -0.493 e. The Morgan fingerprint density at radius 2 is 2.26 bits per heavy atom. The number of carboxylic acid groups (broad SMARTS) is 1. The van der Waals surface area contributed by atoms with E-state index in [0.717, 1.165) is 19.5 Å². The lowest BCUT2D eigenvalue weighted by Gasteiger charge is -2.16. The number of nitrogens with zero attached hydrogens (tertiary/aromatic N) is 1. The minimum absolute atomic E-state index is 0.0111. The van der Waals surface area contributed by atoms with E-state index in [2.05, 4.69) is 11.9 Å². The van der Waals surface area contributed by atoms with Crippen LogP contribution in [0.3, 0.4) is 0 Å². The summed E-state index contributed by atoms with van der Waals surface area (Å²) in [5.41, 5.74) is 0.709. The van der Waals surface area contributed by atoms with Crippen LogP contribution in [0.5, 0.6) is 11.5 Å². The van der Waals surface area contributed by atoms with Crippen LogP contribution in [0.15, 0.2) is 18.2 Å². The number of ether oxygens (including phenoxy) is 2. The van der Waals surface area contributed by atoms with Gasteiger partial charge >= 0.3 is 5.97 Å². The van der Waals surface area contributed by atoms with Crippen molar-refractivity contribution in [3.63, 3.8) is 0 Å². The average molecular weight is 265 g/mol. The summed E-state index contributed by atoms with van der Waals surface area (Å²) in [6, 6.07) is 5.28. The first-order valence-corrected chi connectivity index (χ1v) is 6.32. The van der Waals surface area contributed by atoms with E-state index in [-0.39, 0.29) is 12.5 Å². The van der Waals surface area contributed by atoms with Gasteiger partial charge in [0.25, 0.3) is 0 Å². The van der Waals surface area contributed by atoms with E-state index >= 15 is 0 Å². The number of hydrogen-bond donors (Lipinski definition) is 1. The summed E-state index contributed by atoms with van der Waals surface area (Å²) in [4.78, 5) is 12.9. The molecule has 1 unspecified atom stereocenters. The third-order valence-electron chi connectivity index (χ3n) is 3.23. The molecule has 1 aliphatic heterocycles. The highest BCUT2D eigenvalue weighted by molar-refractivity contribution is 5.70. The van der Waals surface area contributed by atoms with Crippen molar-refractivity contribution in [2.75, 3.05) is 27.2 Å². The van der Waals surface area contributed by atoms with Crippen LogP contribution in [-0.2, 0) is 11.2 Å². The van der Waals surface area contributed by atoms with Gasteiger partial charge in [-0.3, -0.25) is 4.79 Å². The van der Waals surface area contributed by atoms with Crippen LogP contribution in [0.25, 0.3) is 0 Å². The molecule has 1 aromatic rings. The smallest absolute Gasteiger partial charge is 0.307 e. The lowest BCUT2D eigenvalue weighted by atomic mass is 10.1. The van der Waals surface area contributed by atoms with E-state index in [0.29, 0.717) is 17.1 Å². The third kappa shape index (κ3) is 3.61. The van der Waals surface area contributed by atoms with Gasteiger partial charge in [-0.15, -0.1) is 0 Å². The highest BCUT2D eigenvalue weighted by Gasteiger charge is 2.22. The second kappa shape index (κ2) is 5.93. The quantitative estimate of drug-likeness (QED) is 0.872. The number of hydrogen-bond acceptors (Lipinski definition) is 4. The minimum atomic E-state index is -0.854. The molecule has 0 saturated carbocycles. The Labute approximate surface area is 112 Å². The van der Waals surface area contributed by atoms with Gasteiger partial charge in [0, 0.05) is 13.1 Å². The molecule has 104 valence electrons. The van der Waals surface area contributed by atoms with E-state index in [1.54, 1.807) is 25.3 Å².